The Morgan fingerprint density at radius 2 is 2.00 bits per heavy atom. The van der Waals surface area contributed by atoms with Gasteiger partial charge in [-0.15, -0.1) is 0 Å². The lowest BCUT2D eigenvalue weighted by Crippen LogP contribution is -2.16. The molecule has 2 N–H and O–H groups in total. The fourth-order valence-electron chi connectivity index (χ4n) is 1.43. The summed E-state index contributed by atoms with van der Waals surface area (Å²) >= 11 is 0. The van der Waals surface area contributed by atoms with Crippen LogP contribution in [0.5, 0.6) is 0 Å². The summed E-state index contributed by atoms with van der Waals surface area (Å²) < 4.78 is 37.1. The predicted octanol–water partition coefficient (Wildman–Crippen LogP) is 1.62. The SMILES string of the molecule is FC(F)(F)c1ccc2c(n1)NCCNC2. The number of hydrogen-bond acceptors (Lipinski definition) is 3. The van der Waals surface area contributed by atoms with Crippen molar-refractivity contribution in [3.05, 3.63) is 23.4 Å². The summed E-state index contributed by atoms with van der Waals surface area (Å²) in [6, 6.07) is 2.46. The van der Waals surface area contributed by atoms with Crippen molar-refractivity contribution in [3.63, 3.8) is 0 Å². The summed E-state index contributed by atoms with van der Waals surface area (Å²) in [7, 11) is 0. The molecule has 1 aromatic heterocycles. The average Bonchev–Trinajstić information content (AvgIpc) is 2.39. The molecule has 82 valence electrons. The zero-order chi connectivity index (χ0) is 10.9. The van der Waals surface area contributed by atoms with Crippen molar-refractivity contribution in [1.29, 1.82) is 0 Å². The minimum absolute atomic E-state index is 0.329. The van der Waals surface area contributed by atoms with E-state index in [1.165, 1.54) is 6.07 Å². The summed E-state index contributed by atoms with van der Waals surface area (Å²) in [6.45, 7) is 1.85. The summed E-state index contributed by atoms with van der Waals surface area (Å²) in [5.41, 5.74) is -0.0869. The summed E-state index contributed by atoms with van der Waals surface area (Å²) in [5, 5.41) is 5.94. The van der Waals surface area contributed by atoms with E-state index in [9.17, 15) is 13.2 Å². The van der Waals surface area contributed by atoms with Crippen LogP contribution in [-0.4, -0.2) is 18.1 Å². The van der Waals surface area contributed by atoms with E-state index in [-0.39, 0.29) is 0 Å². The van der Waals surface area contributed by atoms with Crippen LogP contribution in [0.15, 0.2) is 12.1 Å². The molecule has 2 heterocycles. The molecular formula is C9H10F3N3. The van der Waals surface area contributed by atoms with Crippen LogP contribution in [0.25, 0.3) is 0 Å². The number of halogens is 3. The number of nitrogens with zero attached hydrogens (tertiary/aromatic N) is 1. The van der Waals surface area contributed by atoms with Crippen molar-refractivity contribution in [2.24, 2.45) is 0 Å². The maximum atomic E-state index is 12.4. The number of anilines is 1. The molecule has 0 aliphatic carbocycles. The molecule has 0 spiro atoms. The molecule has 0 saturated carbocycles. The van der Waals surface area contributed by atoms with Gasteiger partial charge >= 0.3 is 6.18 Å². The molecule has 1 aliphatic rings. The van der Waals surface area contributed by atoms with Crippen LogP contribution < -0.4 is 10.6 Å². The van der Waals surface area contributed by atoms with Crippen LogP contribution in [0.2, 0.25) is 0 Å². The van der Waals surface area contributed by atoms with Crippen molar-refractivity contribution in [2.75, 3.05) is 18.4 Å². The average molecular weight is 217 g/mol. The Morgan fingerprint density at radius 1 is 1.20 bits per heavy atom. The molecule has 0 unspecified atom stereocenters. The van der Waals surface area contributed by atoms with Gasteiger partial charge in [0.1, 0.15) is 11.5 Å². The molecule has 15 heavy (non-hydrogen) atoms. The molecule has 0 radical (unpaired) electrons. The highest BCUT2D eigenvalue weighted by Crippen LogP contribution is 2.29. The van der Waals surface area contributed by atoms with Gasteiger partial charge in [0.15, 0.2) is 0 Å². The molecule has 0 atom stereocenters. The first-order valence-electron chi connectivity index (χ1n) is 4.59. The Bertz CT molecular complexity index is 362. The Morgan fingerprint density at radius 3 is 2.73 bits per heavy atom. The van der Waals surface area contributed by atoms with E-state index in [4.69, 9.17) is 0 Å². The smallest absolute Gasteiger partial charge is 0.369 e. The van der Waals surface area contributed by atoms with Gasteiger partial charge in [0.05, 0.1) is 0 Å². The fraction of sp³-hybridized carbons (Fsp3) is 0.444. The van der Waals surface area contributed by atoms with E-state index < -0.39 is 11.9 Å². The van der Waals surface area contributed by atoms with Crippen LogP contribution in [-0.2, 0) is 12.7 Å². The van der Waals surface area contributed by atoms with Gasteiger partial charge in [-0.1, -0.05) is 6.07 Å². The quantitative estimate of drug-likeness (QED) is 0.693. The molecule has 0 fully saturated rings. The highest BCUT2D eigenvalue weighted by Gasteiger charge is 2.33. The van der Waals surface area contributed by atoms with Crippen LogP contribution in [0.3, 0.4) is 0 Å². The molecule has 0 bridgehead atoms. The predicted molar refractivity (Wildman–Crippen MR) is 49.4 cm³/mol. The second-order valence-corrected chi connectivity index (χ2v) is 3.31. The van der Waals surface area contributed by atoms with Crippen molar-refractivity contribution in [1.82, 2.24) is 10.3 Å². The number of nitrogens with one attached hydrogen (secondary N) is 2. The lowest BCUT2D eigenvalue weighted by Gasteiger charge is -2.10. The molecule has 1 aliphatic heterocycles. The lowest BCUT2D eigenvalue weighted by molar-refractivity contribution is -0.141. The minimum atomic E-state index is -4.38. The van der Waals surface area contributed by atoms with E-state index in [0.29, 0.717) is 18.9 Å². The van der Waals surface area contributed by atoms with Crippen molar-refractivity contribution in [2.45, 2.75) is 12.7 Å². The third-order valence-corrected chi connectivity index (χ3v) is 2.18. The highest BCUT2D eigenvalue weighted by molar-refractivity contribution is 5.46. The molecule has 1 aromatic rings. The zero-order valence-electron chi connectivity index (χ0n) is 7.86. The minimum Gasteiger partial charge on any atom is -0.369 e. The van der Waals surface area contributed by atoms with Gasteiger partial charge < -0.3 is 10.6 Å². The molecule has 0 amide bonds. The van der Waals surface area contributed by atoms with E-state index >= 15 is 0 Å². The van der Waals surface area contributed by atoms with E-state index in [2.05, 4.69) is 15.6 Å². The topological polar surface area (TPSA) is 37.0 Å². The zero-order valence-corrected chi connectivity index (χ0v) is 7.86. The largest absolute Gasteiger partial charge is 0.433 e. The van der Waals surface area contributed by atoms with E-state index in [1.807, 2.05) is 0 Å². The van der Waals surface area contributed by atoms with Gasteiger partial charge in [0.2, 0.25) is 0 Å². The summed E-state index contributed by atoms with van der Waals surface area (Å²) in [6.07, 6.45) is -4.38. The third-order valence-electron chi connectivity index (χ3n) is 2.18. The second-order valence-electron chi connectivity index (χ2n) is 3.31. The first kappa shape index (κ1) is 10.2. The van der Waals surface area contributed by atoms with Gasteiger partial charge in [-0.05, 0) is 6.07 Å². The molecule has 6 heteroatoms. The fourth-order valence-corrected chi connectivity index (χ4v) is 1.43. The van der Waals surface area contributed by atoms with Gasteiger partial charge in [0.25, 0.3) is 0 Å². The number of aromatic nitrogens is 1. The van der Waals surface area contributed by atoms with E-state index in [1.54, 1.807) is 0 Å². The first-order chi connectivity index (χ1) is 7.07. The Kier molecular flexibility index (Phi) is 2.52. The molecule has 2 rings (SSSR count). The number of alkyl halides is 3. The van der Waals surface area contributed by atoms with E-state index in [0.717, 1.165) is 18.2 Å². The number of rotatable bonds is 0. The highest BCUT2D eigenvalue weighted by atomic mass is 19.4. The van der Waals surface area contributed by atoms with Gasteiger partial charge in [0, 0.05) is 25.2 Å². The van der Waals surface area contributed by atoms with Crippen molar-refractivity contribution in [3.8, 4) is 0 Å². The lowest BCUT2D eigenvalue weighted by atomic mass is 10.2. The van der Waals surface area contributed by atoms with Crippen LogP contribution in [0, 0.1) is 0 Å². The maximum absolute atomic E-state index is 12.4. The standard InChI is InChI=1S/C9H10F3N3/c10-9(11,12)7-2-1-6-5-13-3-4-14-8(6)15-7/h1-2,13H,3-5H2,(H,14,15). The summed E-state index contributed by atoms with van der Waals surface area (Å²) in [4.78, 5) is 3.57. The number of pyridine rings is 1. The number of fused-ring (bicyclic) bond motifs is 1. The van der Waals surface area contributed by atoms with Crippen molar-refractivity contribution < 1.29 is 13.2 Å². The molecular weight excluding hydrogens is 207 g/mol. The molecule has 0 saturated heterocycles. The van der Waals surface area contributed by atoms with Crippen molar-refractivity contribution >= 4 is 5.82 Å². The first-order valence-corrected chi connectivity index (χ1v) is 4.59. The van der Waals surface area contributed by atoms with Gasteiger partial charge in [-0.25, -0.2) is 4.98 Å². The Balaban J connectivity index is 2.36. The Hall–Kier alpha value is -1.30. The van der Waals surface area contributed by atoms with Crippen LogP contribution in [0.1, 0.15) is 11.3 Å². The Labute approximate surface area is 84.7 Å². The monoisotopic (exact) mass is 217 g/mol. The number of hydrogen-bond donors (Lipinski definition) is 2. The molecule has 3 nitrogen and oxygen atoms in total. The summed E-state index contributed by atoms with van der Waals surface area (Å²) in [5.74, 6) is 0.329. The van der Waals surface area contributed by atoms with Gasteiger partial charge in [-0.3, -0.25) is 0 Å². The second kappa shape index (κ2) is 3.69. The maximum Gasteiger partial charge on any atom is 0.433 e. The van der Waals surface area contributed by atoms with Gasteiger partial charge in [-0.2, -0.15) is 13.2 Å². The molecule has 0 aromatic carbocycles. The van der Waals surface area contributed by atoms with Crippen LogP contribution in [0.4, 0.5) is 19.0 Å². The normalized spacial score (nSPS) is 16.5. The third kappa shape index (κ3) is 2.20. The van der Waals surface area contributed by atoms with Crippen LogP contribution >= 0.6 is 0 Å².